The van der Waals surface area contributed by atoms with Crippen molar-refractivity contribution in [1.82, 2.24) is 20.9 Å². The zero-order chi connectivity index (χ0) is 21.3. The number of nitrogens with zero attached hydrogens (tertiary/aromatic N) is 3. The fourth-order valence-corrected chi connectivity index (χ4v) is 3.35. The van der Waals surface area contributed by atoms with Crippen LogP contribution >= 0.6 is 24.0 Å². The fourth-order valence-electron chi connectivity index (χ4n) is 3.35. The van der Waals surface area contributed by atoms with E-state index in [1.807, 2.05) is 18.7 Å². The molecule has 0 radical (unpaired) electrons. The van der Waals surface area contributed by atoms with E-state index in [4.69, 9.17) is 4.42 Å². The normalized spacial score (nSPS) is 16.0. The minimum absolute atomic E-state index is 0. The highest BCUT2D eigenvalue weighted by molar-refractivity contribution is 14.0. The summed E-state index contributed by atoms with van der Waals surface area (Å²) >= 11 is 0. The van der Waals surface area contributed by atoms with Gasteiger partial charge in [-0.05, 0) is 44.9 Å². The molecule has 1 aliphatic rings. The van der Waals surface area contributed by atoms with Gasteiger partial charge >= 0.3 is 0 Å². The smallest absolute Gasteiger partial charge is 0.287 e. The lowest BCUT2D eigenvalue weighted by molar-refractivity contribution is 0.0925. The number of nitrogens with one attached hydrogen (secondary N) is 3. The summed E-state index contributed by atoms with van der Waals surface area (Å²) in [5.41, 5.74) is 0.820. The first-order chi connectivity index (χ1) is 14.6. The number of hydrogen-bond donors (Lipinski definition) is 3. The number of pyridine rings is 1. The van der Waals surface area contributed by atoms with Gasteiger partial charge in [-0.2, -0.15) is 0 Å². The third-order valence-electron chi connectivity index (χ3n) is 4.87. The number of carbonyl (C=O) groups excluding carboxylic acids is 1. The molecule has 1 atom stereocenters. The van der Waals surface area contributed by atoms with Crippen LogP contribution in [0.1, 0.15) is 35.9 Å². The quantitative estimate of drug-likeness (QED) is 0.205. The van der Waals surface area contributed by atoms with Crippen LogP contribution in [0.15, 0.2) is 40.1 Å². The molecule has 2 aromatic rings. The Balaban J connectivity index is 0.00000341. The number of halogens is 2. The molecule has 1 unspecified atom stereocenters. The molecule has 1 fully saturated rings. The second-order valence-electron chi connectivity index (χ2n) is 7.19. The van der Waals surface area contributed by atoms with Gasteiger partial charge in [0.2, 0.25) is 0 Å². The fraction of sp³-hybridized carbons (Fsp3) is 0.476. The molecule has 1 amide bonds. The highest BCUT2D eigenvalue weighted by atomic mass is 127. The van der Waals surface area contributed by atoms with Gasteiger partial charge in [0, 0.05) is 50.5 Å². The highest BCUT2D eigenvalue weighted by Crippen LogP contribution is 2.20. The van der Waals surface area contributed by atoms with Crippen molar-refractivity contribution in [3.8, 4) is 0 Å². The molecule has 0 spiro atoms. The number of furan rings is 1. The van der Waals surface area contributed by atoms with Crippen LogP contribution in [0.3, 0.4) is 0 Å². The van der Waals surface area contributed by atoms with Crippen molar-refractivity contribution in [3.63, 3.8) is 0 Å². The van der Waals surface area contributed by atoms with E-state index < -0.39 is 0 Å². The lowest BCUT2D eigenvalue weighted by atomic mass is 10.2. The third kappa shape index (κ3) is 7.08. The van der Waals surface area contributed by atoms with Crippen LogP contribution < -0.4 is 20.9 Å². The van der Waals surface area contributed by atoms with Crippen LogP contribution in [0.5, 0.6) is 0 Å². The van der Waals surface area contributed by atoms with Crippen molar-refractivity contribution in [2.45, 2.75) is 32.7 Å². The van der Waals surface area contributed by atoms with Crippen molar-refractivity contribution in [2.24, 2.45) is 4.99 Å². The highest BCUT2D eigenvalue weighted by Gasteiger charge is 2.25. The molecule has 3 N–H and O–H groups in total. The monoisotopic (exact) mass is 544 g/mol. The van der Waals surface area contributed by atoms with Crippen LogP contribution in [-0.2, 0) is 0 Å². The zero-order valence-corrected chi connectivity index (χ0v) is 20.2. The topological polar surface area (TPSA) is 94.8 Å². The van der Waals surface area contributed by atoms with E-state index in [0.717, 1.165) is 31.0 Å². The molecule has 0 aromatic carbocycles. The van der Waals surface area contributed by atoms with E-state index in [2.05, 4.69) is 25.9 Å². The van der Waals surface area contributed by atoms with Crippen molar-refractivity contribution in [2.75, 3.05) is 37.6 Å². The summed E-state index contributed by atoms with van der Waals surface area (Å²) in [6, 6.07) is 4.95. The van der Waals surface area contributed by atoms with Gasteiger partial charge in [-0.1, -0.05) is 0 Å². The Morgan fingerprint density at radius 2 is 2.23 bits per heavy atom. The van der Waals surface area contributed by atoms with Gasteiger partial charge in [0.15, 0.2) is 23.4 Å². The van der Waals surface area contributed by atoms with Crippen LogP contribution in [0, 0.1) is 12.7 Å². The first kappa shape index (κ1) is 24.9. The van der Waals surface area contributed by atoms with E-state index in [-0.39, 0.29) is 41.7 Å². The van der Waals surface area contributed by atoms with Gasteiger partial charge in [-0.3, -0.25) is 9.79 Å². The van der Waals surface area contributed by atoms with Crippen molar-refractivity contribution < 1.29 is 13.6 Å². The number of anilines is 1. The molecule has 2 aromatic heterocycles. The molecule has 0 bridgehead atoms. The van der Waals surface area contributed by atoms with Gasteiger partial charge in [-0.25, -0.2) is 9.37 Å². The second-order valence-corrected chi connectivity index (χ2v) is 7.19. The summed E-state index contributed by atoms with van der Waals surface area (Å²) in [6.07, 6.45) is 4.70. The van der Waals surface area contributed by atoms with Crippen molar-refractivity contribution >= 4 is 41.7 Å². The predicted octanol–water partition coefficient (Wildman–Crippen LogP) is 2.69. The van der Waals surface area contributed by atoms with Crippen LogP contribution in [-0.4, -0.2) is 55.6 Å². The van der Waals surface area contributed by atoms with Crippen molar-refractivity contribution in [3.05, 3.63) is 47.8 Å². The van der Waals surface area contributed by atoms with Gasteiger partial charge in [-0.15, -0.1) is 24.0 Å². The van der Waals surface area contributed by atoms with Gasteiger partial charge in [0.1, 0.15) is 0 Å². The summed E-state index contributed by atoms with van der Waals surface area (Å²) in [5, 5.41) is 9.49. The van der Waals surface area contributed by atoms with E-state index in [1.54, 1.807) is 18.3 Å². The molecular weight excluding hydrogens is 514 g/mol. The first-order valence-corrected chi connectivity index (χ1v) is 10.3. The van der Waals surface area contributed by atoms with Gasteiger partial charge in [0.25, 0.3) is 5.91 Å². The number of guanidine groups is 1. The van der Waals surface area contributed by atoms with E-state index in [9.17, 15) is 9.18 Å². The van der Waals surface area contributed by atoms with Crippen molar-refractivity contribution in [1.29, 1.82) is 0 Å². The molecule has 1 aliphatic heterocycles. The SMILES string of the molecule is CCNC(=NCCCNC(=O)c1occc1C)NC1CCN(c2ncccc2F)C1.I. The molecule has 10 heteroatoms. The van der Waals surface area contributed by atoms with Crippen LogP contribution in [0.4, 0.5) is 10.2 Å². The zero-order valence-electron chi connectivity index (χ0n) is 17.9. The molecule has 3 heterocycles. The number of hydrogen-bond acceptors (Lipinski definition) is 5. The van der Waals surface area contributed by atoms with E-state index in [0.29, 0.717) is 37.6 Å². The summed E-state index contributed by atoms with van der Waals surface area (Å²) in [7, 11) is 0. The Morgan fingerprint density at radius 1 is 1.39 bits per heavy atom. The molecule has 1 saturated heterocycles. The van der Waals surface area contributed by atoms with Crippen LogP contribution in [0.25, 0.3) is 0 Å². The minimum Gasteiger partial charge on any atom is -0.459 e. The molecular formula is C21H30FIN6O2. The summed E-state index contributed by atoms with van der Waals surface area (Å²) < 4.78 is 19.1. The summed E-state index contributed by atoms with van der Waals surface area (Å²) in [5.74, 6) is 0.957. The molecule has 8 nitrogen and oxygen atoms in total. The minimum atomic E-state index is -0.300. The van der Waals surface area contributed by atoms with Gasteiger partial charge < -0.3 is 25.3 Å². The Labute approximate surface area is 199 Å². The maximum absolute atomic E-state index is 14.0. The van der Waals surface area contributed by atoms with E-state index >= 15 is 0 Å². The first-order valence-electron chi connectivity index (χ1n) is 10.3. The molecule has 170 valence electrons. The standard InChI is InChI=1S/C21H29FN6O2.HI/c1-3-23-21(26-11-5-10-25-20(29)18-15(2)8-13-30-18)27-16-7-12-28(14-16)19-17(22)6-4-9-24-19;/h4,6,8-9,13,16H,3,5,7,10-12,14H2,1-2H3,(H,25,29)(H2,23,26,27);1H. The maximum atomic E-state index is 14.0. The number of aryl methyl sites for hydroxylation is 1. The Morgan fingerprint density at radius 3 is 2.94 bits per heavy atom. The number of carbonyl (C=O) groups is 1. The third-order valence-corrected chi connectivity index (χ3v) is 4.87. The lowest BCUT2D eigenvalue weighted by Crippen LogP contribution is -2.44. The summed E-state index contributed by atoms with van der Waals surface area (Å²) in [6.45, 7) is 7.07. The molecule has 0 saturated carbocycles. The van der Waals surface area contributed by atoms with Crippen LogP contribution in [0.2, 0.25) is 0 Å². The van der Waals surface area contributed by atoms with E-state index in [1.165, 1.54) is 12.3 Å². The number of aromatic nitrogens is 1. The number of aliphatic imine (C=N–C) groups is 1. The lowest BCUT2D eigenvalue weighted by Gasteiger charge is -2.20. The Hall–Kier alpha value is -2.37. The maximum Gasteiger partial charge on any atom is 0.287 e. The average molecular weight is 544 g/mol. The molecule has 31 heavy (non-hydrogen) atoms. The summed E-state index contributed by atoms with van der Waals surface area (Å²) in [4.78, 5) is 22.7. The largest absolute Gasteiger partial charge is 0.459 e. The Kier molecular flexibility index (Phi) is 10.0. The number of rotatable bonds is 8. The number of amides is 1. The van der Waals surface area contributed by atoms with Gasteiger partial charge in [0.05, 0.1) is 6.26 Å². The second kappa shape index (κ2) is 12.5. The predicted molar refractivity (Wildman–Crippen MR) is 130 cm³/mol. The average Bonchev–Trinajstić information content (AvgIpc) is 3.37. The molecule has 0 aliphatic carbocycles. The Bertz CT molecular complexity index is 875. The molecule has 3 rings (SSSR count).